The van der Waals surface area contributed by atoms with Crippen molar-refractivity contribution in [2.75, 3.05) is 52.8 Å². The van der Waals surface area contributed by atoms with E-state index in [4.69, 9.17) is 28.4 Å². The number of sulfonamides is 1. The molecule has 17 heteroatoms. The van der Waals surface area contributed by atoms with Crippen LogP contribution in [0.25, 0.3) is 0 Å². The van der Waals surface area contributed by atoms with Crippen LogP contribution in [-0.2, 0) is 40.2 Å². The fraction of sp³-hybridized carbons (Fsp3) is 0.583. The van der Waals surface area contributed by atoms with Crippen LogP contribution in [-0.4, -0.2) is 113 Å². The Morgan fingerprint density at radius 2 is 1.81 bits per heavy atom. The van der Waals surface area contributed by atoms with Crippen molar-refractivity contribution in [3.05, 3.63) is 54.1 Å². The minimum absolute atomic E-state index is 0.00974. The van der Waals surface area contributed by atoms with Crippen LogP contribution in [0.1, 0.15) is 45.6 Å². The average Bonchev–Trinajstić information content (AvgIpc) is 3.88. The number of hydrogen-bond donors (Lipinski definition) is 4. The highest BCUT2D eigenvalue weighted by Gasteiger charge is 2.44. The third-order valence-electron chi connectivity index (χ3n) is 9.31. The zero-order chi connectivity index (χ0) is 38.0. The van der Waals surface area contributed by atoms with Gasteiger partial charge in [0.25, 0.3) is 0 Å². The molecule has 5 rings (SSSR count). The van der Waals surface area contributed by atoms with Crippen LogP contribution in [0.3, 0.4) is 0 Å². The van der Waals surface area contributed by atoms with E-state index in [2.05, 4.69) is 16.0 Å². The van der Waals surface area contributed by atoms with Gasteiger partial charge < -0.3 is 49.5 Å². The molecule has 2 fully saturated rings. The third-order valence-corrected chi connectivity index (χ3v) is 11.1. The van der Waals surface area contributed by atoms with Gasteiger partial charge in [0.1, 0.15) is 6.10 Å². The SMILES string of the molecule is CCOC(=O)NCC(=O)NCCCC(C)(C)CN(C[C@@H](O)[C@H](Cc1ccccc1)NC(=O)O[C@H]1CO[C@H]2OCC[C@H]21)S(=O)(=O)c1ccc2c(c1)OCO2. The van der Waals surface area contributed by atoms with Crippen LogP contribution >= 0.6 is 0 Å². The van der Waals surface area contributed by atoms with Crippen molar-refractivity contribution in [1.82, 2.24) is 20.3 Å². The van der Waals surface area contributed by atoms with Crippen molar-refractivity contribution in [2.45, 2.75) is 75.9 Å². The maximum atomic E-state index is 14.4. The molecule has 3 aliphatic heterocycles. The Hall–Kier alpha value is -4.16. The second-order valence-electron chi connectivity index (χ2n) is 14.0. The van der Waals surface area contributed by atoms with Crippen LogP contribution in [0.15, 0.2) is 53.4 Å². The highest BCUT2D eigenvalue weighted by atomic mass is 32.2. The lowest BCUT2D eigenvalue weighted by atomic mass is 9.87. The van der Waals surface area contributed by atoms with Crippen LogP contribution in [0.2, 0.25) is 0 Å². The van der Waals surface area contributed by atoms with Crippen molar-refractivity contribution >= 4 is 28.1 Å². The van der Waals surface area contributed by atoms with E-state index in [-0.39, 0.29) is 69.2 Å². The predicted octanol–water partition coefficient (Wildman–Crippen LogP) is 2.53. The second-order valence-corrected chi connectivity index (χ2v) is 15.9. The summed E-state index contributed by atoms with van der Waals surface area (Å²) in [5.74, 6) is 0.232. The number of carbonyl (C=O) groups excluding carboxylic acids is 3. The van der Waals surface area contributed by atoms with Gasteiger partial charge in [-0.3, -0.25) is 4.79 Å². The normalized spacial score (nSPS) is 20.4. The summed E-state index contributed by atoms with van der Waals surface area (Å²) < 4.78 is 62.4. The molecule has 0 aromatic heterocycles. The van der Waals surface area contributed by atoms with Crippen LogP contribution in [0, 0.1) is 11.3 Å². The first-order chi connectivity index (χ1) is 25.3. The molecular formula is C36H50N4O12S. The van der Waals surface area contributed by atoms with Gasteiger partial charge in [-0.05, 0) is 55.7 Å². The van der Waals surface area contributed by atoms with E-state index >= 15 is 0 Å². The highest BCUT2D eigenvalue weighted by molar-refractivity contribution is 7.89. The molecular weight excluding hydrogens is 712 g/mol. The van der Waals surface area contributed by atoms with Gasteiger partial charge >= 0.3 is 12.2 Å². The van der Waals surface area contributed by atoms with E-state index in [9.17, 15) is 27.9 Å². The Balaban J connectivity index is 1.29. The number of aliphatic hydroxyl groups excluding tert-OH is 1. The van der Waals surface area contributed by atoms with E-state index in [1.54, 1.807) is 6.92 Å². The van der Waals surface area contributed by atoms with E-state index in [0.29, 0.717) is 31.6 Å². The van der Waals surface area contributed by atoms with Crippen molar-refractivity contribution < 1.29 is 56.3 Å². The lowest BCUT2D eigenvalue weighted by molar-refractivity contribution is -0.120. The van der Waals surface area contributed by atoms with Crippen LogP contribution in [0.4, 0.5) is 9.59 Å². The van der Waals surface area contributed by atoms with Gasteiger partial charge in [-0.2, -0.15) is 4.31 Å². The van der Waals surface area contributed by atoms with Crippen molar-refractivity contribution in [2.24, 2.45) is 11.3 Å². The van der Waals surface area contributed by atoms with E-state index in [1.165, 1.54) is 22.5 Å². The first-order valence-electron chi connectivity index (χ1n) is 17.8. The summed E-state index contributed by atoms with van der Waals surface area (Å²) in [5.41, 5.74) is 0.177. The molecule has 0 bridgehead atoms. The standard InChI is InChI=1S/C36H50N4O12S/c1-4-47-34(43)38-19-32(42)37-15-8-14-36(2,3)22-40(53(45,46)25-11-12-29-30(18-25)51-23-50-29)20-28(41)27(17-24-9-6-5-7-10-24)39-35(44)52-31-21-49-33-26(31)13-16-48-33/h5-7,9-12,18,26-28,31,33,41H,4,8,13-17,19-23H2,1-3H3,(H,37,42)(H,38,43)(H,39,44)/t26-,27-,28+,31-,33+/m0/s1. The Morgan fingerprint density at radius 3 is 2.58 bits per heavy atom. The maximum absolute atomic E-state index is 14.4. The Bertz CT molecular complexity index is 1660. The minimum atomic E-state index is -4.24. The number of alkyl carbamates (subject to hydrolysis) is 2. The number of nitrogens with one attached hydrogen (secondary N) is 3. The van der Waals surface area contributed by atoms with Gasteiger partial charge in [0.05, 0.1) is 49.3 Å². The summed E-state index contributed by atoms with van der Waals surface area (Å²) >= 11 is 0. The number of hydrogen-bond acceptors (Lipinski definition) is 12. The smallest absolute Gasteiger partial charge is 0.407 e. The molecule has 3 aliphatic rings. The lowest BCUT2D eigenvalue weighted by Crippen LogP contribution is -2.52. The molecule has 3 heterocycles. The number of aliphatic hydroxyl groups is 1. The number of ether oxygens (including phenoxy) is 6. The monoisotopic (exact) mass is 762 g/mol. The van der Waals surface area contributed by atoms with Gasteiger partial charge in [0.2, 0.25) is 22.7 Å². The van der Waals surface area contributed by atoms with Gasteiger partial charge in [0, 0.05) is 25.7 Å². The quantitative estimate of drug-likeness (QED) is 0.162. The molecule has 2 saturated heterocycles. The molecule has 5 atom stereocenters. The molecule has 3 amide bonds. The van der Waals surface area contributed by atoms with Crippen molar-refractivity contribution in [1.29, 1.82) is 0 Å². The van der Waals surface area contributed by atoms with Crippen LogP contribution < -0.4 is 25.4 Å². The number of benzene rings is 2. The molecule has 0 radical (unpaired) electrons. The fourth-order valence-electron chi connectivity index (χ4n) is 6.54. The summed E-state index contributed by atoms with van der Waals surface area (Å²) in [7, 11) is -4.24. The zero-order valence-electron chi connectivity index (χ0n) is 30.3. The number of fused-ring (bicyclic) bond motifs is 2. The first-order valence-corrected chi connectivity index (χ1v) is 19.3. The van der Waals surface area contributed by atoms with Crippen LogP contribution in [0.5, 0.6) is 11.5 Å². The molecule has 53 heavy (non-hydrogen) atoms. The molecule has 4 N–H and O–H groups in total. The van der Waals surface area contributed by atoms with Crippen molar-refractivity contribution in [3.8, 4) is 11.5 Å². The number of rotatable bonds is 18. The molecule has 16 nitrogen and oxygen atoms in total. The summed E-state index contributed by atoms with van der Waals surface area (Å²) in [6.07, 6.45) is -1.85. The third kappa shape index (κ3) is 11.2. The molecule has 2 aromatic carbocycles. The Kier molecular flexibility index (Phi) is 13.8. The maximum Gasteiger partial charge on any atom is 0.407 e. The summed E-state index contributed by atoms with van der Waals surface area (Å²) in [6, 6.07) is 12.7. The minimum Gasteiger partial charge on any atom is -0.454 e. The summed E-state index contributed by atoms with van der Waals surface area (Å²) in [6.45, 7) is 5.99. The molecule has 2 aromatic rings. The largest absolute Gasteiger partial charge is 0.454 e. The molecule has 0 spiro atoms. The predicted molar refractivity (Wildman–Crippen MR) is 190 cm³/mol. The van der Waals surface area contributed by atoms with Gasteiger partial charge in [-0.1, -0.05) is 44.2 Å². The molecule has 0 aliphatic carbocycles. The van der Waals surface area contributed by atoms with E-state index in [0.717, 1.165) is 5.56 Å². The second kappa shape index (κ2) is 18.2. The molecule has 0 unspecified atom stereocenters. The summed E-state index contributed by atoms with van der Waals surface area (Å²) in [5, 5.41) is 19.7. The molecule has 0 saturated carbocycles. The Labute approximate surface area is 309 Å². The molecule has 292 valence electrons. The van der Waals surface area contributed by atoms with E-state index < -0.39 is 58.1 Å². The summed E-state index contributed by atoms with van der Waals surface area (Å²) in [4.78, 5) is 36.9. The first kappa shape index (κ1) is 40.0. The van der Waals surface area contributed by atoms with Gasteiger partial charge in [0.15, 0.2) is 17.8 Å². The lowest BCUT2D eigenvalue weighted by Gasteiger charge is -2.35. The number of amides is 3. The number of carbonyl (C=O) groups is 3. The Morgan fingerprint density at radius 1 is 1.04 bits per heavy atom. The zero-order valence-corrected chi connectivity index (χ0v) is 31.1. The van der Waals surface area contributed by atoms with Gasteiger partial charge in [-0.15, -0.1) is 0 Å². The van der Waals surface area contributed by atoms with Gasteiger partial charge in [-0.25, -0.2) is 18.0 Å². The number of nitrogens with zero attached hydrogens (tertiary/aromatic N) is 1. The average molecular weight is 763 g/mol. The van der Waals surface area contributed by atoms with Crippen molar-refractivity contribution in [3.63, 3.8) is 0 Å². The van der Waals surface area contributed by atoms with E-state index in [1.807, 2.05) is 44.2 Å². The highest BCUT2D eigenvalue weighted by Crippen LogP contribution is 2.36. The fourth-order valence-corrected chi connectivity index (χ4v) is 8.20. The topological polar surface area (TPSA) is 200 Å².